The fourth-order valence-electron chi connectivity index (χ4n) is 4.34. The Bertz CT molecular complexity index is 392. The molecule has 0 spiro atoms. The first-order valence-corrected chi connectivity index (χ1v) is 13.1. The summed E-state index contributed by atoms with van der Waals surface area (Å²) in [5, 5.41) is 0. The molecule has 4 nitrogen and oxygen atoms in total. The summed E-state index contributed by atoms with van der Waals surface area (Å²) in [4.78, 5) is 11.9. The Kier molecular flexibility index (Phi) is 17.5. The van der Waals surface area contributed by atoms with Crippen LogP contribution in [0.15, 0.2) is 0 Å². The number of ether oxygens (including phenoxy) is 3. The van der Waals surface area contributed by atoms with Gasteiger partial charge in [0.2, 0.25) is 0 Å². The first-order valence-electron chi connectivity index (χ1n) is 13.1. The Hall–Kier alpha value is -0.610. The molecule has 0 radical (unpaired) electrons. The Morgan fingerprint density at radius 1 is 0.833 bits per heavy atom. The molecule has 0 aromatic heterocycles. The van der Waals surface area contributed by atoms with E-state index in [1.165, 1.54) is 64.2 Å². The molecule has 1 saturated heterocycles. The number of carbonyl (C=O) groups is 1. The van der Waals surface area contributed by atoms with Crippen LogP contribution in [-0.4, -0.2) is 38.0 Å². The second-order valence-corrected chi connectivity index (χ2v) is 9.20. The van der Waals surface area contributed by atoms with E-state index in [1.807, 2.05) is 6.92 Å². The minimum Gasteiger partial charge on any atom is -0.463 e. The van der Waals surface area contributed by atoms with Gasteiger partial charge in [0, 0.05) is 6.42 Å². The summed E-state index contributed by atoms with van der Waals surface area (Å²) in [5.74, 6) is 0.605. The zero-order valence-electron chi connectivity index (χ0n) is 20.3. The molecule has 3 unspecified atom stereocenters. The van der Waals surface area contributed by atoms with Gasteiger partial charge in [-0.05, 0) is 38.5 Å². The Morgan fingerprint density at radius 2 is 1.47 bits per heavy atom. The number of carbonyl (C=O) groups excluding carboxylic acids is 1. The number of hydrogen-bond acceptors (Lipinski definition) is 4. The molecule has 0 aromatic rings. The van der Waals surface area contributed by atoms with E-state index in [0.29, 0.717) is 12.3 Å². The zero-order chi connectivity index (χ0) is 21.9. The lowest BCUT2D eigenvalue weighted by atomic mass is 9.89. The Morgan fingerprint density at radius 3 is 2.10 bits per heavy atom. The van der Waals surface area contributed by atoms with Crippen LogP contribution < -0.4 is 0 Å². The number of esters is 1. The smallest absolute Gasteiger partial charge is 0.306 e. The summed E-state index contributed by atoms with van der Waals surface area (Å²) in [6.45, 7) is 8.70. The van der Waals surface area contributed by atoms with Gasteiger partial charge in [-0.1, -0.05) is 84.5 Å². The molecule has 3 atom stereocenters. The molecule has 4 heteroatoms. The molecule has 0 bridgehead atoms. The molecule has 0 saturated carbocycles. The van der Waals surface area contributed by atoms with Crippen molar-refractivity contribution >= 4 is 5.97 Å². The molecular formula is C26H50O4. The van der Waals surface area contributed by atoms with Gasteiger partial charge in [0.05, 0.1) is 32.0 Å². The molecule has 0 aliphatic carbocycles. The van der Waals surface area contributed by atoms with Crippen LogP contribution in [0, 0.1) is 5.92 Å². The molecule has 1 heterocycles. The van der Waals surface area contributed by atoms with E-state index >= 15 is 0 Å². The second-order valence-electron chi connectivity index (χ2n) is 9.20. The highest BCUT2D eigenvalue weighted by molar-refractivity contribution is 5.69. The van der Waals surface area contributed by atoms with Crippen LogP contribution in [0.3, 0.4) is 0 Å². The maximum absolute atomic E-state index is 11.9. The minimum absolute atomic E-state index is 0.0210. The number of hydrogen-bond donors (Lipinski definition) is 0. The number of unbranched alkanes of at least 4 members (excludes halogenated alkanes) is 9. The molecule has 0 aromatic carbocycles. The highest BCUT2D eigenvalue weighted by atomic mass is 16.6. The van der Waals surface area contributed by atoms with E-state index in [2.05, 4.69) is 13.8 Å². The van der Waals surface area contributed by atoms with Gasteiger partial charge in [-0.25, -0.2) is 0 Å². The van der Waals surface area contributed by atoms with Gasteiger partial charge in [-0.15, -0.1) is 0 Å². The lowest BCUT2D eigenvalue weighted by Crippen LogP contribution is -2.35. The monoisotopic (exact) mass is 426 g/mol. The van der Waals surface area contributed by atoms with E-state index in [0.717, 1.165) is 51.9 Å². The van der Waals surface area contributed by atoms with Crippen molar-refractivity contribution in [1.82, 2.24) is 0 Å². The van der Waals surface area contributed by atoms with Gasteiger partial charge < -0.3 is 14.2 Å². The molecule has 0 amide bonds. The van der Waals surface area contributed by atoms with Gasteiger partial charge in [0.15, 0.2) is 0 Å². The minimum atomic E-state index is -0.0210. The van der Waals surface area contributed by atoms with Gasteiger partial charge >= 0.3 is 5.97 Å². The maximum Gasteiger partial charge on any atom is 0.306 e. The Balaban J connectivity index is 2.15. The molecule has 1 aliphatic heterocycles. The van der Waals surface area contributed by atoms with E-state index in [9.17, 15) is 4.79 Å². The second kappa shape index (κ2) is 19.1. The third kappa shape index (κ3) is 14.4. The lowest BCUT2D eigenvalue weighted by Gasteiger charge is -2.30. The predicted molar refractivity (Wildman–Crippen MR) is 125 cm³/mol. The molecule has 1 aliphatic rings. The van der Waals surface area contributed by atoms with Crippen molar-refractivity contribution in [2.75, 3.05) is 19.8 Å². The van der Waals surface area contributed by atoms with E-state index < -0.39 is 0 Å². The normalized spacial score (nSPS) is 18.8. The predicted octanol–water partition coefficient (Wildman–Crippen LogP) is 7.23. The van der Waals surface area contributed by atoms with Crippen LogP contribution in [-0.2, 0) is 19.0 Å². The van der Waals surface area contributed by atoms with Crippen molar-refractivity contribution in [3.8, 4) is 0 Å². The molecular weight excluding hydrogens is 376 g/mol. The zero-order valence-corrected chi connectivity index (χ0v) is 20.3. The highest BCUT2D eigenvalue weighted by Gasteiger charge is 2.24. The van der Waals surface area contributed by atoms with Gasteiger partial charge in [-0.3, -0.25) is 4.79 Å². The van der Waals surface area contributed by atoms with Gasteiger partial charge in [-0.2, -0.15) is 0 Å². The van der Waals surface area contributed by atoms with Crippen molar-refractivity contribution in [2.45, 2.75) is 136 Å². The van der Waals surface area contributed by atoms with E-state index in [-0.39, 0.29) is 18.2 Å². The van der Waals surface area contributed by atoms with Crippen LogP contribution in [0.1, 0.15) is 124 Å². The van der Waals surface area contributed by atoms with Crippen molar-refractivity contribution in [3.05, 3.63) is 0 Å². The SMILES string of the molecule is CCCCCCCCC(CCCCCCC(=O)OC(C)CCCC)C1COCCO1. The largest absolute Gasteiger partial charge is 0.463 e. The van der Waals surface area contributed by atoms with E-state index in [4.69, 9.17) is 14.2 Å². The average Bonchev–Trinajstić information content (AvgIpc) is 2.76. The molecule has 178 valence electrons. The van der Waals surface area contributed by atoms with Gasteiger partial charge in [0.1, 0.15) is 0 Å². The van der Waals surface area contributed by atoms with Crippen molar-refractivity contribution in [2.24, 2.45) is 5.92 Å². The van der Waals surface area contributed by atoms with Crippen LogP contribution in [0.5, 0.6) is 0 Å². The summed E-state index contributed by atoms with van der Waals surface area (Å²) in [7, 11) is 0. The van der Waals surface area contributed by atoms with Crippen LogP contribution in [0.2, 0.25) is 0 Å². The third-order valence-corrected chi connectivity index (χ3v) is 6.30. The fraction of sp³-hybridized carbons (Fsp3) is 0.962. The standard InChI is InChI=1S/C26H50O4/c1-4-6-8-9-10-13-17-24(25-22-28-20-21-29-25)18-14-11-12-15-19-26(27)30-23(3)16-7-5-2/h23-25H,4-22H2,1-3H3. The summed E-state index contributed by atoms with van der Waals surface area (Å²) in [5.41, 5.74) is 0. The van der Waals surface area contributed by atoms with E-state index in [1.54, 1.807) is 0 Å². The quantitative estimate of drug-likeness (QED) is 0.161. The van der Waals surface area contributed by atoms with Crippen molar-refractivity contribution in [3.63, 3.8) is 0 Å². The molecule has 0 N–H and O–H groups in total. The summed E-state index contributed by atoms with van der Waals surface area (Å²) in [6, 6.07) is 0. The number of rotatable bonds is 19. The third-order valence-electron chi connectivity index (χ3n) is 6.30. The maximum atomic E-state index is 11.9. The van der Waals surface area contributed by atoms with Crippen LogP contribution >= 0.6 is 0 Å². The topological polar surface area (TPSA) is 44.8 Å². The van der Waals surface area contributed by atoms with Crippen LogP contribution in [0.25, 0.3) is 0 Å². The molecule has 1 rings (SSSR count). The molecule has 30 heavy (non-hydrogen) atoms. The summed E-state index contributed by atoms with van der Waals surface area (Å²) in [6.07, 6.45) is 19.3. The molecule has 1 fully saturated rings. The average molecular weight is 427 g/mol. The van der Waals surface area contributed by atoms with Crippen molar-refractivity contribution < 1.29 is 19.0 Å². The first-order chi connectivity index (χ1) is 14.7. The van der Waals surface area contributed by atoms with Crippen LogP contribution in [0.4, 0.5) is 0 Å². The summed E-state index contributed by atoms with van der Waals surface area (Å²) < 4.78 is 17.2. The lowest BCUT2D eigenvalue weighted by molar-refractivity contribution is -0.148. The fourth-order valence-corrected chi connectivity index (χ4v) is 4.34. The summed E-state index contributed by atoms with van der Waals surface area (Å²) >= 11 is 0. The van der Waals surface area contributed by atoms with Crippen molar-refractivity contribution in [1.29, 1.82) is 0 Å². The first kappa shape index (κ1) is 27.4. The highest BCUT2D eigenvalue weighted by Crippen LogP contribution is 2.25. The van der Waals surface area contributed by atoms with Gasteiger partial charge in [0.25, 0.3) is 0 Å². The Labute approximate surface area is 186 Å².